The lowest BCUT2D eigenvalue weighted by atomic mass is 10.1. The van der Waals surface area contributed by atoms with Crippen LogP contribution in [0.5, 0.6) is 0 Å². The molecule has 116 valence electrons. The standard InChI is InChI=1S/C15H16N2O5/c18-14(10-22-15(19)8-11-4-1-2-5-11)16-12-6-3-7-13(9-12)17(20)21/h1,3-4,6-7,9,11H,2,5,8,10H2,(H,16,18)/t11-/m0/s1. The highest BCUT2D eigenvalue weighted by molar-refractivity contribution is 5.93. The number of non-ortho nitro benzene ring substituents is 1. The first-order chi connectivity index (χ1) is 10.5. The van der Waals surface area contributed by atoms with E-state index >= 15 is 0 Å². The van der Waals surface area contributed by atoms with Gasteiger partial charge in [-0.1, -0.05) is 18.2 Å². The minimum Gasteiger partial charge on any atom is -0.456 e. The van der Waals surface area contributed by atoms with E-state index in [2.05, 4.69) is 5.32 Å². The molecule has 0 aromatic heterocycles. The average Bonchev–Trinajstić information content (AvgIpc) is 2.98. The summed E-state index contributed by atoms with van der Waals surface area (Å²) in [5.41, 5.74) is 0.164. The molecule has 1 aliphatic rings. The van der Waals surface area contributed by atoms with Gasteiger partial charge in [-0.25, -0.2) is 0 Å². The van der Waals surface area contributed by atoms with E-state index in [0.717, 1.165) is 12.8 Å². The fourth-order valence-electron chi connectivity index (χ4n) is 2.18. The van der Waals surface area contributed by atoms with Gasteiger partial charge >= 0.3 is 5.97 Å². The topological polar surface area (TPSA) is 98.5 Å². The van der Waals surface area contributed by atoms with Crippen molar-refractivity contribution in [1.29, 1.82) is 0 Å². The van der Waals surface area contributed by atoms with E-state index in [9.17, 15) is 19.7 Å². The van der Waals surface area contributed by atoms with Crippen molar-refractivity contribution in [3.05, 3.63) is 46.5 Å². The molecule has 0 radical (unpaired) electrons. The predicted molar refractivity (Wildman–Crippen MR) is 79.2 cm³/mol. The van der Waals surface area contributed by atoms with E-state index in [0.29, 0.717) is 0 Å². The Morgan fingerprint density at radius 1 is 1.41 bits per heavy atom. The SMILES string of the molecule is O=C(COC(=O)C[C@H]1C=CCC1)Nc1cccc([N+](=O)[O-])c1. The Morgan fingerprint density at radius 2 is 2.23 bits per heavy atom. The zero-order valence-electron chi connectivity index (χ0n) is 11.9. The highest BCUT2D eigenvalue weighted by Crippen LogP contribution is 2.20. The van der Waals surface area contributed by atoms with Crippen LogP contribution in [0, 0.1) is 16.0 Å². The van der Waals surface area contributed by atoms with Gasteiger partial charge in [0.15, 0.2) is 6.61 Å². The fraction of sp³-hybridized carbons (Fsp3) is 0.333. The maximum atomic E-state index is 11.7. The lowest BCUT2D eigenvalue weighted by Gasteiger charge is -2.08. The van der Waals surface area contributed by atoms with Crippen molar-refractivity contribution < 1.29 is 19.2 Å². The quantitative estimate of drug-likeness (QED) is 0.376. The first-order valence-corrected chi connectivity index (χ1v) is 6.91. The van der Waals surface area contributed by atoms with Crippen molar-refractivity contribution in [2.45, 2.75) is 19.3 Å². The largest absolute Gasteiger partial charge is 0.456 e. The summed E-state index contributed by atoms with van der Waals surface area (Å²) in [4.78, 5) is 33.3. The molecule has 0 fully saturated rings. The fourth-order valence-corrected chi connectivity index (χ4v) is 2.18. The molecule has 22 heavy (non-hydrogen) atoms. The van der Waals surface area contributed by atoms with Crippen LogP contribution >= 0.6 is 0 Å². The van der Waals surface area contributed by atoms with Gasteiger partial charge in [-0.3, -0.25) is 19.7 Å². The molecular weight excluding hydrogens is 288 g/mol. The molecule has 0 heterocycles. The third-order valence-corrected chi connectivity index (χ3v) is 3.25. The molecule has 0 saturated heterocycles. The number of hydrogen-bond donors (Lipinski definition) is 1. The van der Waals surface area contributed by atoms with Crippen LogP contribution in [-0.4, -0.2) is 23.4 Å². The van der Waals surface area contributed by atoms with Crippen molar-refractivity contribution in [3.63, 3.8) is 0 Å². The number of allylic oxidation sites excluding steroid dienone is 2. The summed E-state index contributed by atoms with van der Waals surface area (Å²) in [7, 11) is 0. The number of nitrogens with one attached hydrogen (secondary N) is 1. The third kappa shape index (κ3) is 4.69. The maximum absolute atomic E-state index is 11.7. The highest BCUT2D eigenvalue weighted by atomic mass is 16.6. The first-order valence-electron chi connectivity index (χ1n) is 6.91. The summed E-state index contributed by atoms with van der Waals surface area (Å²) in [5, 5.41) is 13.1. The molecule has 7 heteroatoms. The summed E-state index contributed by atoms with van der Waals surface area (Å²) in [6.07, 6.45) is 6.15. The second-order valence-electron chi connectivity index (χ2n) is 4.99. The van der Waals surface area contributed by atoms with E-state index in [1.165, 1.54) is 24.3 Å². The van der Waals surface area contributed by atoms with Crippen molar-refractivity contribution in [3.8, 4) is 0 Å². The van der Waals surface area contributed by atoms with Gasteiger partial charge in [0.1, 0.15) is 0 Å². The van der Waals surface area contributed by atoms with Crippen molar-refractivity contribution in [2.24, 2.45) is 5.92 Å². The Balaban J connectivity index is 1.77. The molecule has 1 atom stereocenters. The summed E-state index contributed by atoms with van der Waals surface area (Å²) >= 11 is 0. The molecule has 0 saturated carbocycles. The number of rotatable bonds is 6. The van der Waals surface area contributed by atoms with E-state index in [1.54, 1.807) is 0 Å². The molecule has 0 aliphatic heterocycles. The van der Waals surface area contributed by atoms with Crippen LogP contribution in [0.3, 0.4) is 0 Å². The van der Waals surface area contributed by atoms with E-state index < -0.39 is 23.4 Å². The number of hydrogen-bond acceptors (Lipinski definition) is 5. The number of nitrogens with zero attached hydrogens (tertiary/aromatic N) is 1. The number of anilines is 1. The minimum absolute atomic E-state index is 0.122. The Hall–Kier alpha value is -2.70. The molecular formula is C15H16N2O5. The van der Waals surface area contributed by atoms with Crippen LogP contribution in [0.4, 0.5) is 11.4 Å². The van der Waals surface area contributed by atoms with Crippen LogP contribution in [0.25, 0.3) is 0 Å². The number of nitro groups is 1. The summed E-state index contributed by atoms with van der Waals surface area (Å²) in [6.45, 7) is -0.405. The molecule has 1 aromatic carbocycles. The molecule has 0 bridgehead atoms. The van der Waals surface area contributed by atoms with Crippen molar-refractivity contribution in [2.75, 3.05) is 11.9 Å². The zero-order chi connectivity index (χ0) is 15.9. The van der Waals surface area contributed by atoms with Crippen LogP contribution in [0.2, 0.25) is 0 Å². The van der Waals surface area contributed by atoms with Gasteiger partial charge in [-0.15, -0.1) is 0 Å². The van der Waals surface area contributed by atoms with Crippen LogP contribution in [0.15, 0.2) is 36.4 Å². The van der Waals surface area contributed by atoms with Gasteiger partial charge in [0, 0.05) is 17.8 Å². The van der Waals surface area contributed by atoms with Gasteiger partial charge in [0.25, 0.3) is 11.6 Å². The average molecular weight is 304 g/mol. The maximum Gasteiger partial charge on any atom is 0.306 e. The molecule has 0 spiro atoms. The number of benzene rings is 1. The lowest BCUT2D eigenvalue weighted by molar-refractivity contribution is -0.384. The van der Waals surface area contributed by atoms with Crippen LogP contribution in [0.1, 0.15) is 19.3 Å². The lowest BCUT2D eigenvalue weighted by Crippen LogP contribution is -2.21. The number of nitro benzene ring substituents is 1. The number of amides is 1. The number of ether oxygens (including phenoxy) is 1. The Labute approximate surface area is 127 Å². The van der Waals surface area contributed by atoms with Gasteiger partial charge < -0.3 is 10.1 Å². The highest BCUT2D eigenvalue weighted by Gasteiger charge is 2.16. The number of carbonyl (C=O) groups is 2. The number of carbonyl (C=O) groups excluding carboxylic acids is 2. The zero-order valence-corrected chi connectivity index (χ0v) is 11.9. The van der Waals surface area contributed by atoms with Crippen molar-refractivity contribution >= 4 is 23.3 Å². The molecule has 2 rings (SSSR count). The van der Waals surface area contributed by atoms with E-state index in [1.807, 2.05) is 12.2 Å². The van der Waals surface area contributed by atoms with Crippen molar-refractivity contribution in [1.82, 2.24) is 0 Å². The normalized spacial score (nSPS) is 16.3. The van der Waals surface area contributed by atoms with Gasteiger partial charge in [-0.2, -0.15) is 0 Å². The van der Waals surface area contributed by atoms with Crippen LogP contribution in [-0.2, 0) is 14.3 Å². The molecule has 1 amide bonds. The van der Waals surface area contributed by atoms with Gasteiger partial charge in [0.2, 0.25) is 0 Å². The second kappa shape index (κ2) is 7.35. The second-order valence-corrected chi connectivity index (χ2v) is 4.99. The van der Waals surface area contributed by atoms with E-state index in [-0.39, 0.29) is 23.7 Å². The predicted octanol–water partition coefficient (Wildman–Crippen LogP) is 2.43. The smallest absolute Gasteiger partial charge is 0.306 e. The van der Waals surface area contributed by atoms with Gasteiger partial charge in [0.05, 0.1) is 11.3 Å². The Morgan fingerprint density at radius 3 is 2.91 bits per heavy atom. The monoisotopic (exact) mass is 304 g/mol. The van der Waals surface area contributed by atoms with E-state index in [4.69, 9.17) is 4.74 Å². The third-order valence-electron chi connectivity index (χ3n) is 3.25. The summed E-state index contributed by atoms with van der Waals surface area (Å²) < 4.78 is 4.90. The Bertz CT molecular complexity index is 612. The summed E-state index contributed by atoms with van der Waals surface area (Å²) in [6, 6.07) is 5.55. The Kier molecular flexibility index (Phi) is 5.24. The first kappa shape index (κ1) is 15.7. The minimum atomic E-state index is -0.551. The number of esters is 1. The summed E-state index contributed by atoms with van der Waals surface area (Å²) in [5.74, 6) is -0.770. The molecule has 7 nitrogen and oxygen atoms in total. The molecule has 1 aromatic rings. The van der Waals surface area contributed by atoms with Gasteiger partial charge in [-0.05, 0) is 24.8 Å². The molecule has 1 aliphatic carbocycles. The molecule has 1 N–H and O–H groups in total. The molecule has 0 unspecified atom stereocenters. The van der Waals surface area contributed by atoms with Crippen LogP contribution < -0.4 is 5.32 Å².